The van der Waals surface area contributed by atoms with E-state index in [0.29, 0.717) is 18.8 Å². The number of non-ortho nitro benzene ring substituents is 1. The lowest BCUT2D eigenvalue weighted by Gasteiger charge is -2.15. The van der Waals surface area contributed by atoms with Crippen molar-refractivity contribution in [1.82, 2.24) is 0 Å². The first-order chi connectivity index (χ1) is 8.16. The van der Waals surface area contributed by atoms with Crippen molar-refractivity contribution >= 4 is 5.69 Å². The first-order valence-corrected chi connectivity index (χ1v) is 5.40. The summed E-state index contributed by atoms with van der Waals surface area (Å²) in [6.07, 6.45) is 0.161. The average molecular weight is 238 g/mol. The minimum Gasteiger partial charge on any atom is -0.348 e. The highest BCUT2D eigenvalue weighted by molar-refractivity contribution is 5.34. The second-order valence-electron chi connectivity index (χ2n) is 3.94. The van der Waals surface area contributed by atoms with E-state index in [4.69, 9.17) is 15.2 Å². The van der Waals surface area contributed by atoms with E-state index in [1.165, 1.54) is 12.1 Å². The summed E-state index contributed by atoms with van der Waals surface area (Å²) in [6, 6.07) is 6.21. The number of nitrogens with two attached hydrogens (primary N) is 1. The summed E-state index contributed by atoms with van der Waals surface area (Å²) in [5, 5.41) is 10.7. The lowest BCUT2D eigenvalue weighted by molar-refractivity contribution is -0.385. The van der Waals surface area contributed by atoms with Crippen LogP contribution >= 0.6 is 0 Å². The number of hydrogen-bond acceptors (Lipinski definition) is 5. The number of nitro benzene ring substituents is 1. The molecule has 0 unspecified atom stereocenters. The van der Waals surface area contributed by atoms with E-state index in [1.807, 2.05) is 0 Å². The highest BCUT2D eigenvalue weighted by atomic mass is 16.7. The molecule has 1 aliphatic heterocycles. The second kappa shape index (κ2) is 5.22. The third-order valence-electron chi connectivity index (χ3n) is 2.57. The van der Waals surface area contributed by atoms with Gasteiger partial charge in [0.05, 0.1) is 18.1 Å². The molecular weight excluding hydrogens is 224 g/mol. The zero-order valence-corrected chi connectivity index (χ0v) is 9.24. The molecule has 92 valence electrons. The molecule has 0 bridgehead atoms. The molecule has 17 heavy (non-hydrogen) atoms. The van der Waals surface area contributed by atoms with Crippen molar-refractivity contribution in [2.45, 2.75) is 18.8 Å². The molecule has 0 aliphatic carbocycles. The van der Waals surface area contributed by atoms with Crippen LogP contribution in [0.3, 0.4) is 0 Å². The summed E-state index contributed by atoms with van der Waals surface area (Å²) in [5.41, 5.74) is 6.42. The van der Waals surface area contributed by atoms with Crippen LogP contribution in [-0.2, 0) is 9.47 Å². The molecular formula is C11H14N2O4. The molecule has 0 radical (unpaired) electrons. The van der Waals surface area contributed by atoms with Gasteiger partial charge < -0.3 is 15.2 Å². The molecule has 6 heteroatoms. The Morgan fingerprint density at radius 3 is 3.00 bits per heavy atom. The van der Waals surface area contributed by atoms with Crippen LogP contribution in [0.15, 0.2) is 24.3 Å². The van der Waals surface area contributed by atoms with Gasteiger partial charge in [-0.2, -0.15) is 0 Å². The van der Waals surface area contributed by atoms with E-state index >= 15 is 0 Å². The molecule has 6 nitrogen and oxygen atoms in total. The number of nitrogens with zero attached hydrogens (tertiary/aromatic N) is 1. The topological polar surface area (TPSA) is 87.6 Å². The Morgan fingerprint density at radius 1 is 1.41 bits per heavy atom. The SMILES string of the molecule is N[C@H]1CCO[C@H](c2cccc([N+](=O)[O-])c2)OC1. The van der Waals surface area contributed by atoms with Crippen molar-refractivity contribution < 1.29 is 14.4 Å². The van der Waals surface area contributed by atoms with Crippen molar-refractivity contribution in [3.05, 3.63) is 39.9 Å². The molecule has 0 aromatic heterocycles. The van der Waals surface area contributed by atoms with Crippen LogP contribution in [0.25, 0.3) is 0 Å². The molecule has 1 aromatic carbocycles. The number of rotatable bonds is 2. The Morgan fingerprint density at radius 2 is 2.24 bits per heavy atom. The highest BCUT2D eigenvalue weighted by Crippen LogP contribution is 2.25. The molecule has 0 spiro atoms. The van der Waals surface area contributed by atoms with Crippen LogP contribution in [-0.4, -0.2) is 24.2 Å². The van der Waals surface area contributed by atoms with Crippen molar-refractivity contribution in [2.24, 2.45) is 5.73 Å². The molecule has 0 saturated carbocycles. The lowest BCUT2D eigenvalue weighted by atomic mass is 10.2. The number of ether oxygens (including phenoxy) is 2. The van der Waals surface area contributed by atoms with Gasteiger partial charge in [-0.15, -0.1) is 0 Å². The van der Waals surface area contributed by atoms with Crippen LogP contribution in [0.4, 0.5) is 5.69 Å². The molecule has 1 fully saturated rings. The molecule has 1 aliphatic rings. The third kappa shape index (κ3) is 3.00. The monoisotopic (exact) mass is 238 g/mol. The lowest BCUT2D eigenvalue weighted by Crippen LogP contribution is -2.25. The highest BCUT2D eigenvalue weighted by Gasteiger charge is 2.20. The molecule has 2 rings (SSSR count). The average Bonchev–Trinajstić information content (AvgIpc) is 2.54. The maximum Gasteiger partial charge on any atom is 0.269 e. The van der Waals surface area contributed by atoms with Gasteiger partial charge >= 0.3 is 0 Å². The Labute approximate surface area is 98.5 Å². The third-order valence-corrected chi connectivity index (χ3v) is 2.57. The van der Waals surface area contributed by atoms with E-state index in [-0.39, 0.29) is 11.7 Å². The van der Waals surface area contributed by atoms with Crippen LogP contribution < -0.4 is 5.73 Å². The normalized spacial score (nSPS) is 25.2. The molecule has 2 N–H and O–H groups in total. The van der Waals surface area contributed by atoms with Gasteiger partial charge in [-0.1, -0.05) is 12.1 Å². The fraction of sp³-hybridized carbons (Fsp3) is 0.455. The van der Waals surface area contributed by atoms with Gasteiger partial charge in [0.15, 0.2) is 6.29 Å². The number of benzene rings is 1. The Kier molecular flexibility index (Phi) is 3.68. The Balaban J connectivity index is 2.15. The van der Waals surface area contributed by atoms with Crippen molar-refractivity contribution in [1.29, 1.82) is 0 Å². The zero-order chi connectivity index (χ0) is 12.3. The number of hydrogen-bond donors (Lipinski definition) is 1. The van der Waals surface area contributed by atoms with Gasteiger partial charge in [0.2, 0.25) is 0 Å². The predicted octanol–water partition coefficient (Wildman–Crippen LogP) is 1.36. The first kappa shape index (κ1) is 12.0. The summed E-state index contributed by atoms with van der Waals surface area (Å²) >= 11 is 0. The van der Waals surface area contributed by atoms with E-state index in [9.17, 15) is 10.1 Å². The molecule has 1 heterocycles. The van der Waals surface area contributed by atoms with E-state index < -0.39 is 11.2 Å². The van der Waals surface area contributed by atoms with Crippen LogP contribution in [0.5, 0.6) is 0 Å². The first-order valence-electron chi connectivity index (χ1n) is 5.40. The standard InChI is InChI=1S/C11H14N2O4/c12-9-4-5-16-11(17-7-9)8-2-1-3-10(6-8)13(14)15/h1-3,6,9,11H,4-5,7,12H2/t9-,11-/m0/s1. The van der Waals surface area contributed by atoms with E-state index in [2.05, 4.69) is 0 Å². The van der Waals surface area contributed by atoms with Crippen LogP contribution in [0.1, 0.15) is 18.3 Å². The zero-order valence-electron chi connectivity index (χ0n) is 9.24. The summed E-state index contributed by atoms with van der Waals surface area (Å²) in [6.45, 7) is 0.891. The Hall–Kier alpha value is -1.50. The fourth-order valence-corrected chi connectivity index (χ4v) is 1.65. The van der Waals surface area contributed by atoms with Gasteiger partial charge in [0.1, 0.15) is 0 Å². The van der Waals surface area contributed by atoms with E-state index in [1.54, 1.807) is 12.1 Å². The van der Waals surface area contributed by atoms with Crippen LogP contribution in [0, 0.1) is 10.1 Å². The second-order valence-corrected chi connectivity index (χ2v) is 3.94. The van der Waals surface area contributed by atoms with Gasteiger partial charge in [-0.05, 0) is 6.42 Å². The summed E-state index contributed by atoms with van der Waals surface area (Å²) in [5.74, 6) is 0. The summed E-state index contributed by atoms with van der Waals surface area (Å²) in [7, 11) is 0. The maximum absolute atomic E-state index is 10.7. The molecule has 1 aromatic rings. The van der Waals surface area contributed by atoms with Gasteiger partial charge in [-0.3, -0.25) is 10.1 Å². The fourth-order valence-electron chi connectivity index (χ4n) is 1.65. The van der Waals surface area contributed by atoms with E-state index in [0.717, 1.165) is 6.42 Å². The largest absolute Gasteiger partial charge is 0.348 e. The van der Waals surface area contributed by atoms with Gasteiger partial charge in [-0.25, -0.2) is 0 Å². The molecule has 0 amide bonds. The minimum absolute atomic E-state index is 0.0308. The van der Waals surface area contributed by atoms with Gasteiger partial charge in [0, 0.05) is 23.7 Å². The minimum atomic E-state index is -0.566. The van der Waals surface area contributed by atoms with Crippen LogP contribution in [0.2, 0.25) is 0 Å². The number of nitro groups is 1. The molecule has 2 atom stereocenters. The van der Waals surface area contributed by atoms with Crippen molar-refractivity contribution in [3.8, 4) is 0 Å². The predicted molar refractivity (Wildman–Crippen MR) is 60.3 cm³/mol. The quantitative estimate of drug-likeness (QED) is 0.620. The molecule has 1 saturated heterocycles. The van der Waals surface area contributed by atoms with Crippen molar-refractivity contribution in [2.75, 3.05) is 13.2 Å². The smallest absolute Gasteiger partial charge is 0.269 e. The summed E-state index contributed by atoms with van der Waals surface area (Å²) < 4.78 is 10.9. The summed E-state index contributed by atoms with van der Waals surface area (Å²) in [4.78, 5) is 10.2. The Bertz CT molecular complexity index is 410. The van der Waals surface area contributed by atoms with Gasteiger partial charge in [0.25, 0.3) is 5.69 Å². The van der Waals surface area contributed by atoms with Crippen molar-refractivity contribution in [3.63, 3.8) is 0 Å². The maximum atomic E-state index is 10.7.